The van der Waals surface area contributed by atoms with Crippen LogP contribution in [-0.4, -0.2) is 37.5 Å². The van der Waals surface area contributed by atoms with Crippen LogP contribution in [0.1, 0.15) is 67.2 Å². The van der Waals surface area contributed by atoms with Crippen molar-refractivity contribution in [3.63, 3.8) is 0 Å². The third kappa shape index (κ3) is 20.2. The average Bonchev–Trinajstić information content (AvgIpc) is 3.03. The Morgan fingerprint density at radius 1 is 0.652 bits per heavy atom. The van der Waals surface area contributed by atoms with Crippen LogP contribution in [0.2, 0.25) is 0 Å². The fraction of sp³-hybridized carbons (Fsp3) is 1.00. The molecule has 2 aliphatic heterocycles. The number of nitrogens with zero attached hydrogens (tertiary/aromatic N) is 2. The Morgan fingerprint density at radius 3 is 1.04 bits per heavy atom. The Morgan fingerprint density at radius 2 is 0.913 bits per heavy atom. The molecule has 0 unspecified atom stereocenters. The molecule has 138 valence electrons. The van der Waals surface area contributed by atoms with Gasteiger partial charge in [0, 0.05) is 26.4 Å². The maximum absolute atomic E-state index is 4.94. The summed E-state index contributed by atoms with van der Waals surface area (Å²) in [6.07, 6.45) is 5.11. The van der Waals surface area contributed by atoms with E-state index >= 15 is 0 Å². The van der Waals surface area contributed by atoms with E-state index in [1.165, 1.54) is 25.7 Å². The van der Waals surface area contributed by atoms with E-state index < -0.39 is 14.8 Å². The van der Waals surface area contributed by atoms with E-state index in [9.17, 15) is 0 Å². The van der Waals surface area contributed by atoms with Crippen LogP contribution in [0, 0.1) is 14.8 Å². The normalized spacial score (nSPS) is 18.4. The summed E-state index contributed by atoms with van der Waals surface area (Å²) in [5.41, 5.74) is 0.143. The first-order valence-electron chi connectivity index (χ1n) is 8.43. The van der Waals surface area contributed by atoms with Gasteiger partial charge in [0.2, 0.25) is 0 Å². The van der Waals surface area contributed by atoms with Gasteiger partial charge in [-0.1, -0.05) is 0 Å². The summed E-state index contributed by atoms with van der Waals surface area (Å²) in [5, 5.41) is 0. The van der Waals surface area contributed by atoms with Crippen molar-refractivity contribution in [3.8, 4) is 0 Å². The van der Waals surface area contributed by atoms with Gasteiger partial charge in [0.05, 0.1) is 0 Å². The van der Waals surface area contributed by atoms with E-state index in [0.717, 1.165) is 26.4 Å². The Bertz CT molecular complexity index is 367. The quantitative estimate of drug-likeness (QED) is 0.268. The van der Waals surface area contributed by atoms with Crippen molar-refractivity contribution in [2.75, 3.05) is 26.4 Å². The van der Waals surface area contributed by atoms with Crippen LogP contribution in [0.4, 0.5) is 0 Å². The van der Waals surface area contributed by atoms with Gasteiger partial charge in [0.1, 0.15) is 0 Å². The number of hydrogen-bond donors (Lipinski definition) is 0. The van der Waals surface area contributed by atoms with Crippen LogP contribution < -0.4 is 0 Å². The minimum absolute atomic E-state index is 0.0714. The van der Waals surface area contributed by atoms with Gasteiger partial charge in [-0.2, -0.15) is 0 Å². The Hall–Kier alpha value is 2.03. The fourth-order valence-corrected chi connectivity index (χ4v) is 35.8. The molecule has 0 aromatic heterocycles. The van der Waals surface area contributed by atoms with Gasteiger partial charge in [0.15, 0.2) is 0 Å². The van der Waals surface area contributed by atoms with Crippen LogP contribution in [0.25, 0.3) is 0 Å². The Balaban J connectivity index is 0.000000386. The van der Waals surface area contributed by atoms with Crippen molar-refractivity contribution in [2.24, 2.45) is 4.51 Å². The molecule has 2 saturated heterocycles. The monoisotopic (exact) mass is 778 g/mol. The summed E-state index contributed by atoms with van der Waals surface area (Å²) in [5.74, 6) is 0. The molecule has 0 aliphatic carbocycles. The SMILES string of the molecule is C1CCOC1.C1CCOC1.CC(C)(C)[N]=[U]([I])([I])=[N]C(C)(C)C. The zero-order valence-corrected chi connectivity index (χ0v) is 24.1. The predicted octanol–water partition coefficient (Wildman–Crippen LogP) is 6.40. The van der Waals surface area contributed by atoms with Gasteiger partial charge in [-0.3, -0.25) is 0 Å². The Kier molecular flexibility index (Phi) is 13.5. The minimum atomic E-state index is -2.73. The summed E-state index contributed by atoms with van der Waals surface area (Å²) in [4.78, 5) is 0. The molecule has 2 rings (SSSR count). The molecule has 0 radical (unpaired) electrons. The van der Waals surface area contributed by atoms with Crippen LogP contribution in [0.5, 0.6) is 0 Å². The van der Waals surface area contributed by atoms with Crippen molar-refractivity contribution in [3.05, 3.63) is 0 Å². The van der Waals surface area contributed by atoms with Crippen LogP contribution in [0.3, 0.4) is 0 Å². The summed E-state index contributed by atoms with van der Waals surface area (Å²) >= 11 is 2.29. The molecule has 2 fully saturated rings. The Labute approximate surface area is 165 Å². The molecule has 2 heterocycles. The van der Waals surface area contributed by atoms with Gasteiger partial charge >= 0.3 is 105 Å². The van der Waals surface area contributed by atoms with Crippen molar-refractivity contribution >= 4 is 33.5 Å². The van der Waals surface area contributed by atoms with Gasteiger partial charge in [0.25, 0.3) is 0 Å². The fourth-order valence-electron chi connectivity index (χ4n) is 1.85. The summed E-state index contributed by atoms with van der Waals surface area (Å²) in [6, 6.07) is 0. The molecule has 0 aromatic rings. The van der Waals surface area contributed by atoms with Crippen LogP contribution in [-0.2, 0) is 9.47 Å². The zero-order chi connectivity index (χ0) is 18.0. The van der Waals surface area contributed by atoms with Gasteiger partial charge in [-0.15, -0.1) is 0 Å². The van der Waals surface area contributed by atoms with Gasteiger partial charge in [-0.05, 0) is 25.7 Å². The van der Waals surface area contributed by atoms with Crippen molar-refractivity contribution < 1.29 is 24.3 Å². The van der Waals surface area contributed by atoms with E-state index in [0.29, 0.717) is 0 Å². The summed E-state index contributed by atoms with van der Waals surface area (Å²) in [6.45, 7) is 16.9. The van der Waals surface area contributed by atoms with E-state index in [2.05, 4.69) is 75.1 Å². The number of rotatable bonds is 0. The predicted molar refractivity (Wildman–Crippen MR) is 113 cm³/mol. The topological polar surface area (TPSA) is 43.2 Å². The van der Waals surface area contributed by atoms with Crippen molar-refractivity contribution in [1.29, 1.82) is 0 Å². The number of ether oxygens (including phenoxy) is 2. The van der Waals surface area contributed by atoms with Gasteiger partial charge < -0.3 is 9.47 Å². The van der Waals surface area contributed by atoms with Gasteiger partial charge in [-0.25, -0.2) is 0 Å². The summed E-state index contributed by atoms with van der Waals surface area (Å²) < 4.78 is 19.6. The first-order chi connectivity index (χ1) is 10.4. The standard InChI is InChI=1S/2C4H9N.2C4H8O.2HI.U/c2*1-4(2,3)5;2*1-2-4-5-3-1;;;/h2*1-3H3;2*1-4H2;2*1H;/q;;;;;;+2/p-2. The van der Waals surface area contributed by atoms with Crippen molar-refractivity contribution in [1.82, 2.24) is 0 Å². The van der Waals surface area contributed by atoms with E-state index in [4.69, 9.17) is 14.0 Å². The third-order valence-electron chi connectivity index (χ3n) is 2.59. The first kappa shape index (κ1) is 25.0. The molecule has 0 N–H and O–H groups in total. The molecular weight excluding hydrogens is 744 g/mol. The maximum atomic E-state index is 4.94. The second-order valence-electron chi connectivity index (χ2n) is 7.71. The molecular formula is C16H34I2N2O2U. The molecule has 0 saturated carbocycles. The van der Waals surface area contributed by atoms with Crippen LogP contribution >= 0.6 is 33.5 Å². The number of halogens is 2. The number of hydrogen-bond acceptors (Lipinski definition) is 4. The molecule has 23 heavy (non-hydrogen) atoms. The molecule has 0 aromatic carbocycles. The molecule has 7 heteroatoms. The third-order valence-corrected chi connectivity index (χ3v) is 19.4. The van der Waals surface area contributed by atoms with Crippen molar-refractivity contribution in [2.45, 2.75) is 78.3 Å². The van der Waals surface area contributed by atoms with Crippen LogP contribution in [0.15, 0.2) is 4.51 Å². The van der Waals surface area contributed by atoms with E-state index in [1.807, 2.05) is 0 Å². The second-order valence-corrected chi connectivity index (χ2v) is 61.1. The molecule has 2 aliphatic rings. The molecule has 0 bridgehead atoms. The van der Waals surface area contributed by atoms with E-state index in [1.54, 1.807) is 0 Å². The molecule has 0 atom stereocenters. The first-order valence-corrected chi connectivity index (χ1v) is 35.4. The summed E-state index contributed by atoms with van der Waals surface area (Å²) in [7, 11) is 0. The zero-order valence-electron chi connectivity index (χ0n) is 15.6. The van der Waals surface area contributed by atoms with E-state index in [-0.39, 0.29) is 11.1 Å². The average molecular weight is 778 g/mol. The second kappa shape index (κ2) is 12.4. The molecule has 0 spiro atoms. The molecule has 0 amide bonds. The molecule has 4 nitrogen and oxygen atoms in total.